The van der Waals surface area contributed by atoms with Gasteiger partial charge in [-0.1, -0.05) is 12.5 Å². The second-order valence-electron chi connectivity index (χ2n) is 6.79. The Bertz CT molecular complexity index is 664. The summed E-state index contributed by atoms with van der Waals surface area (Å²) in [4.78, 5) is 29.5. The van der Waals surface area contributed by atoms with Crippen molar-refractivity contribution in [2.45, 2.75) is 45.2 Å². The second kappa shape index (κ2) is 10.2. The molecular formula is C20H27N3O3S. The third kappa shape index (κ3) is 6.13. The number of likely N-dealkylation sites (tertiary alicyclic amines) is 1. The van der Waals surface area contributed by atoms with Gasteiger partial charge in [0.25, 0.3) is 0 Å². The molecule has 2 aromatic heterocycles. The SMILES string of the molecule is O=C1CCCCCN1CCCNC(=O)N(Cc1ccco1)Cc1cccs1. The molecule has 3 rings (SSSR count). The first-order valence-corrected chi connectivity index (χ1v) is 10.5. The van der Waals surface area contributed by atoms with Crippen LogP contribution < -0.4 is 5.32 Å². The third-order valence-electron chi connectivity index (χ3n) is 4.69. The Kier molecular flexibility index (Phi) is 7.33. The summed E-state index contributed by atoms with van der Waals surface area (Å²) in [6.45, 7) is 3.09. The molecule has 1 saturated heterocycles. The van der Waals surface area contributed by atoms with Gasteiger partial charge in [0.2, 0.25) is 5.91 Å². The molecule has 3 heterocycles. The largest absolute Gasteiger partial charge is 0.467 e. The molecule has 0 saturated carbocycles. The van der Waals surface area contributed by atoms with Gasteiger partial charge in [0.05, 0.1) is 19.4 Å². The highest BCUT2D eigenvalue weighted by Gasteiger charge is 2.18. The first kappa shape index (κ1) is 19.5. The molecule has 3 amide bonds. The molecule has 1 aliphatic rings. The van der Waals surface area contributed by atoms with Gasteiger partial charge in [-0.05, 0) is 42.8 Å². The Morgan fingerprint density at radius 3 is 2.93 bits per heavy atom. The molecule has 27 heavy (non-hydrogen) atoms. The number of urea groups is 1. The van der Waals surface area contributed by atoms with E-state index in [1.165, 1.54) is 0 Å². The highest BCUT2D eigenvalue weighted by atomic mass is 32.1. The van der Waals surface area contributed by atoms with Crippen molar-refractivity contribution < 1.29 is 14.0 Å². The van der Waals surface area contributed by atoms with Gasteiger partial charge in [0.1, 0.15) is 5.76 Å². The zero-order chi connectivity index (χ0) is 18.9. The first-order valence-electron chi connectivity index (χ1n) is 9.57. The van der Waals surface area contributed by atoms with E-state index >= 15 is 0 Å². The number of carbonyl (C=O) groups is 2. The van der Waals surface area contributed by atoms with E-state index in [4.69, 9.17) is 4.42 Å². The summed E-state index contributed by atoms with van der Waals surface area (Å²) < 4.78 is 5.40. The standard InChI is InChI=1S/C20H27N3O3S/c24-19-9-2-1-3-11-22(19)12-6-10-21-20(25)23(15-17-7-4-13-26-17)16-18-8-5-14-27-18/h4-5,7-8,13-14H,1-3,6,9-12,15-16H2,(H,21,25). The quantitative estimate of drug-likeness (QED) is 0.698. The number of thiophene rings is 1. The van der Waals surface area contributed by atoms with Crippen LogP contribution in [-0.2, 0) is 17.9 Å². The summed E-state index contributed by atoms with van der Waals surface area (Å²) in [7, 11) is 0. The minimum Gasteiger partial charge on any atom is -0.467 e. The van der Waals surface area contributed by atoms with Gasteiger partial charge in [0.15, 0.2) is 0 Å². The molecule has 146 valence electrons. The molecule has 0 aromatic carbocycles. The number of carbonyl (C=O) groups excluding carboxylic acids is 2. The lowest BCUT2D eigenvalue weighted by Gasteiger charge is -2.23. The minimum atomic E-state index is -0.109. The van der Waals surface area contributed by atoms with Crippen molar-refractivity contribution in [3.63, 3.8) is 0 Å². The van der Waals surface area contributed by atoms with Gasteiger partial charge in [-0.3, -0.25) is 4.79 Å². The van der Waals surface area contributed by atoms with Crippen LogP contribution in [-0.4, -0.2) is 41.4 Å². The third-order valence-corrected chi connectivity index (χ3v) is 5.55. The maximum atomic E-state index is 12.7. The summed E-state index contributed by atoms with van der Waals surface area (Å²) in [5.41, 5.74) is 0. The van der Waals surface area contributed by atoms with E-state index < -0.39 is 0 Å². The van der Waals surface area contributed by atoms with Crippen LogP contribution in [0, 0.1) is 0 Å². The zero-order valence-electron chi connectivity index (χ0n) is 15.6. The number of furan rings is 1. The van der Waals surface area contributed by atoms with Crippen LogP contribution in [0.15, 0.2) is 40.3 Å². The molecule has 1 fully saturated rings. The zero-order valence-corrected chi connectivity index (χ0v) is 16.4. The lowest BCUT2D eigenvalue weighted by molar-refractivity contribution is -0.130. The van der Waals surface area contributed by atoms with Crippen molar-refractivity contribution in [1.82, 2.24) is 15.1 Å². The van der Waals surface area contributed by atoms with E-state index in [9.17, 15) is 9.59 Å². The maximum absolute atomic E-state index is 12.7. The fourth-order valence-corrected chi connectivity index (χ4v) is 3.95. The molecule has 0 unspecified atom stereocenters. The predicted molar refractivity (Wildman–Crippen MR) is 105 cm³/mol. The number of nitrogens with one attached hydrogen (secondary N) is 1. The van der Waals surface area contributed by atoms with Crippen molar-refractivity contribution in [3.8, 4) is 0 Å². The van der Waals surface area contributed by atoms with Crippen LogP contribution in [0.3, 0.4) is 0 Å². The summed E-state index contributed by atoms with van der Waals surface area (Å²) in [5.74, 6) is 1.01. The number of hydrogen-bond donors (Lipinski definition) is 1. The van der Waals surface area contributed by atoms with E-state index in [1.54, 1.807) is 22.5 Å². The van der Waals surface area contributed by atoms with Crippen LogP contribution in [0.25, 0.3) is 0 Å². The average molecular weight is 390 g/mol. The van der Waals surface area contributed by atoms with Gasteiger partial charge in [-0.25, -0.2) is 4.79 Å². The van der Waals surface area contributed by atoms with Crippen LogP contribution in [0.4, 0.5) is 4.79 Å². The molecule has 0 aliphatic carbocycles. The van der Waals surface area contributed by atoms with Gasteiger partial charge in [0, 0.05) is 30.9 Å². The Balaban J connectivity index is 1.47. The van der Waals surface area contributed by atoms with Crippen molar-refractivity contribution in [2.24, 2.45) is 0 Å². The Hall–Kier alpha value is -2.28. The fourth-order valence-electron chi connectivity index (χ4n) is 3.23. The van der Waals surface area contributed by atoms with Crippen LogP contribution in [0.2, 0.25) is 0 Å². The topological polar surface area (TPSA) is 65.8 Å². The molecule has 1 aliphatic heterocycles. The first-order chi connectivity index (χ1) is 13.2. The van der Waals surface area contributed by atoms with Crippen molar-refractivity contribution in [1.29, 1.82) is 0 Å². The molecule has 2 aromatic rings. The molecule has 1 N–H and O–H groups in total. The van der Waals surface area contributed by atoms with Crippen LogP contribution >= 0.6 is 11.3 Å². The summed E-state index contributed by atoms with van der Waals surface area (Å²) >= 11 is 1.63. The number of amides is 3. The van der Waals surface area contributed by atoms with E-state index in [-0.39, 0.29) is 11.9 Å². The highest BCUT2D eigenvalue weighted by Crippen LogP contribution is 2.15. The van der Waals surface area contributed by atoms with Gasteiger partial charge < -0.3 is 19.5 Å². The smallest absolute Gasteiger partial charge is 0.318 e. The average Bonchev–Trinajstić information content (AvgIpc) is 3.32. The number of hydrogen-bond acceptors (Lipinski definition) is 4. The lowest BCUT2D eigenvalue weighted by Crippen LogP contribution is -2.40. The molecule has 0 radical (unpaired) electrons. The normalized spacial score (nSPS) is 14.8. The molecule has 7 heteroatoms. The minimum absolute atomic E-state index is 0.109. The monoisotopic (exact) mass is 389 g/mol. The lowest BCUT2D eigenvalue weighted by atomic mass is 10.2. The van der Waals surface area contributed by atoms with Crippen molar-refractivity contribution >= 4 is 23.3 Å². The molecule has 0 atom stereocenters. The van der Waals surface area contributed by atoms with E-state index in [1.807, 2.05) is 34.5 Å². The summed E-state index contributed by atoms with van der Waals surface area (Å²) in [6.07, 6.45) is 6.25. The molecule has 6 nitrogen and oxygen atoms in total. The fraction of sp³-hybridized carbons (Fsp3) is 0.500. The van der Waals surface area contributed by atoms with Crippen molar-refractivity contribution in [2.75, 3.05) is 19.6 Å². The molecular weight excluding hydrogens is 362 g/mol. The molecule has 0 spiro atoms. The highest BCUT2D eigenvalue weighted by molar-refractivity contribution is 7.09. The van der Waals surface area contributed by atoms with E-state index in [0.29, 0.717) is 32.6 Å². The Morgan fingerprint density at radius 2 is 2.15 bits per heavy atom. The predicted octanol–water partition coefficient (Wildman–Crippen LogP) is 3.85. The van der Waals surface area contributed by atoms with E-state index in [0.717, 1.165) is 42.9 Å². The Morgan fingerprint density at radius 1 is 1.22 bits per heavy atom. The number of nitrogens with zero attached hydrogens (tertiary/aromatic N) is 2. The second-order valence-corrected chi connectivity index (χ2v) is 7.82. The van der Waals surface area contributed by atoms with Gasteiger partial charge in [-0.2, -0.15) is 0 Å². The van der Waals surface area contributed by atoms with E-state index in [2.05, 4.69) is 5.32 Å². The molecule has 0 bridgehead atoms. The van der Waals surface area contributed by atoms with Crippen molar-refractivity contribution in [3.05, 3.63) is 46.5 Å². The van der Waals surface area contributed by atoms with Crippen LogP contribution in [0.5, 0.6) is 0 Å². The summed E-state index contributed by atoms with van der Waals surface area (Å²) in [6, 6.07) is 7.61. The van der Waals surface area contributed by atoms with Gasteiger partial charge in [-0.15, -0.1) is 11.3 Å². The van der Waals surface area contributed by atoms with Gasteiger partial charge >= 0.3 is 6.03 Å². The summed E-state index contributed by atoms with van der Waals surface area (Å²) in [5, 5.41) is 5.00. The number of rotatable bonds is 8. The Labute approximate surface area is 164 Å². The maximum Gasteiger partial charge on any atom is 0.318 e. The van der Waals surface area contributed by atoms with Crippen LogP contribution in [0.1, 0.15) is 42.7 Å².